The zero-order valence-electron chi connectivity index (χ0n) is 29.0. The van der Waals surface area contributed by atoms with E-state index in [0.29, 0.717) is 25.8 Å². The van der Waals surface area contributed by atoms with Crippen molar-refractivity contribution >= 4 is 35.1 Å². The normalized spacial score (nSPS) is 25.9. The largest absolute Gasteiger partial charge is 0.330 e. The van der Waals surface area contributed by atoms with Gasteiger partial charge in [-0.05, 0) is 67.1 Å². The average Bonchev–Trinajstić information content (AvgIpc) is 3.89. The first kappa shape index (κ1) is 36.0. The van der Waals surface area contributed by atoms with E-state index in [9.17, 15) is 28.8 Å². The van der Waals surface area contributed by atoms with Crippen molar-refractivity contribution in [3.05, 3.63) is 12.7 Å². The number of nitrogens with zero attached hydrogens (tertiary/aromatic N) is 1. The highest BCUT2D eigenvalue weighted by Gasteiger charge is 2.69. The van der Waals surface area contributed by atoms with E-state index in [1.165, 1.54) is 0 Å². The molecule has 1 aliphatic heterocycles. The van der Waals surface area contributed by atoms with Gasteiger partial charge in [-0.15, -0.1) is 6.58 Å². The summed E-state index contributed by atoms with van der Waals surface area (Å²) >= 11 is 0. The molecule has 9 nitrogen and oxygen atoms in total. The van der Waals surface area contributed by atoms with E-state index in [2.05, 4.69) is 31.1 Å². The molecule has 3 aliphatic carbocycles. The SMILES string of the molecule is C=CCCC(=O)C(=O)C(CCC)CC(=O)[C@@H]1[C@@H]2[C@H](CN1C(=O)[C@@H](NC(=O)N[C@H](C(=O)C1CC1)C1CCCCC1)C(C)(C)C)C2(C)C. The number of piperidine rings is 1. The summed E-state index contributed by atoms with van der Waals surface area (Å²) in [5.41, 5.74) is -0.803. The molecule has 0 aromatic rings. The van der Waals surface area contributed by atoms with Gasteiger partial charge >= 0.3 is 6.03 Å². The Morgan fingerprint density at radius 3 is 2.20 bits per heavy atom. The number of ketones is 4. The zero-order valence-corrected chi connectivity index (χ0v) is 29.0. The highest BCUT2D eigenvalue weighted by molar-refractivity contribution is 6.38. The van der Waals surface area contributed by atoms with Crippen LogP contribution in [0.25, 0.3) is 0 Å². The number of hydrogen-bond donors (Lipinski definition) is 2. The monoisotopic (exact) mass is 639 g/mol. The maximum atomic E-state index is 14.4. The average molecular weight is 640 g/mol. The van der Waals surface area contributed by atoms with Gasteiger partial charge in [0, 0.05) is 31.2 Å². The van der Waals surface area contributed by atoms with Crippen LogP contribution in [0.3, 0.4) is 0 Å². The Morgan fingerprint density at radius 1 is 0.978 bits per heavy atom. The van der Waals surface area contributed by atoms with Crippen LogP contribution in [-0.2, 0) is 24.0 Å². The predicted molar refractivity (Wildman–Crippen MR) is 177 cm³/mol. The number of likely N-dealkylation sites (tertiary alicyclic amines) is 1. The van der Waals surface area contributed by atoms with Gasteiger partial charge in [0.25, 0.3) is 0 Å². The second-order valence-corrected chi connectivity index (χ2v) is 16.1. The predicted octanol–water partition coefficient (Wildman–Crippen LogP) is 5.59. The third-order valence-corrected chi connectivity index (χ3v) is 11.2. The molecule has 1 unspecified atom stereocenters. The fourth-order valence-electron chi connectivity index (χ4n) is 8.14. The molecule has 256 valence electrons. The standard InChI is InChI=1S/C37H57N3O6/c1-8-10-17-26(41)31(43)24(14-9-2)20-27(42)30-28-25(37(28,6)7)21-40(30)34(45)33(36(3,4)5)39-35(46)38-29(32(44)23-18-19-23)22-15-12-11-13-16-22/h8,22-25,28-30,33H,1,9-21H2,2-7H3,(H2,38,39,46)/t24?,25-,28-,29-,30+,33+/m0/s1. The Balaban J connectivity index is 1.51. The van der Waals surface area contributed by atoms with Gasteiger partial charge in [-0.2, -0.15) is 0 Å². The molecule has 1 heterocycles. The van der Waals surface area contributed by atoms with Crippen molar-refractivity contribution < 1.29 is 28.8 Å². The Bertz CT molecular complexity index is 1210. The Hall–Kier alpha value is -2.84. The quantitative estimate of drug-likeness (QED) is 0.167. The summed E-state index contributed by atoms with van der Waals surface area (Å²) in [4.78, 5) is 82.5. The lowest BCUT2D eigenvalue weighted by Crippen LogP contribution is -2.61. The summed E-state index contributed by atoms with van der Waals surface area (Å²) in [6.45, 7) is 15.8. The lowest BCUT2D eigenvalue weighted by molar-refractivity contribution is -0.144. The van der Waals surface area contributed by atoms with Gasteiger partial charge in [0.15, 0.2) is 17.3 Å². The Kier molecular flexibility index (Phi) is 11.4. The first-order valence-electron chi connectivity index (χ1n) is 17.7. The van der Waals surface area contributed by atoms with Gasteiger partial charge in [-0.3, -0.25) is 24.0 Å². The number of urea groups is 1. The maximum absolute atomic E-state index is 14.4. The van der Waals surface area contributed by atoms with Crippen LogP contribution in [0.4, 0.5) is 4.79 Å². The summed E-state index contributed by atoms with van der Waals surface area (Å²) in [6.07, 6.45) is 9.86. The third-order valence-electron chi connectivity index (χ3n) is 11.2. The zero-order chi connectivity index (χ0) is 34.0. The van der Waals surface area contributed by atoms with Crippen molar-refractivity contribution in [2.75, 3.05) is 6.54 Å². The third kappa shape index (κ3) is 7.99. The van der Waals surface area contributed by atoms with Crippen molar-refractivity contribution in [2.24, 2.45) is 40.4 Å². The number of rotatable bonds is 16. The van der Waals surface area contributed by atoms with E-state index >= 15 is 0 Å². The summed E-state index contributed by atoms with van der Waals surface area (Å²) in [6, 6.07) is -2.73. The first-order valence-corrected chi connectivity index (χ1v) is 17.7. The van der Waals surface area contributed by atoms with Crippen LogP contribution in [0, 0.1) is 40.4 Å². The number of nitrogens with one attached hydrogen (secondary N) is 2. The van der Waals surface area contributed by atoms with Crippen molar-refractivity contribution in [1.82, 2.24) is 15.5 Å². The number of Topliss-reactive ketones (excluding diaryl/α,β-unsaturated/α-hetero) is 4. The smallest absolute Gasteiger partial charge is 0.316 e. The number of carbonyl (C=O) groups excluding carboxylic acids is 6. The van der Waals surface area contributed by atoms with Gasteiger partial charge in [-0.1, -0.05) is 73.3 Å². The van der Waals surface area contributed by atoms with Crippen LogP contribution in [0.2, 0.25) is 0 Å². The van der Waals surface area contributed by atoms with Crippen LogP contribution >= 0.6 is 0 Å². The molecule has 0 aromatic heterocycles. The Morgan fingerprint density at radius 2 is 1.63 bits per heavy atom. The fourth-order valence-corrected chi connectivity index (χ4v) is 8.14. The van der Waals surface area contributed by atoms with E-state index in [-0.39, 0.29) is 59.4 Å². The van der Waals surface area contributed by atoms with Crippen LogP contribution in [0.1, 0.15) is 119 Å². The van der Waals surface area contributed by atoms with Crippen LogP contribution in [-0.4, -0.2) is 64.6 Å². The molecule has 4 aliphatic rings. The summed E-state index contributed by atoms with van der Waals surface area (Å²) in [5.74, 6) is -1.91. The second kappa shape index (κ2) is 14.5. The molecular formula is C37H57N3O6. The van der Waals surface area contributed by atoms with Gasteiger partial charge < -0.3 is 15.5 Å². The number of carbonyl (C=O) groups is 6. The van der Waals surface area contributed by atoms with E-state index < -0.39 is 47.1 Å². The van der Waals surface area contributed by atoms with Crippen molar-refractivity contribution in [2.45, 2.75) is 137 Å². The molecule has 2 N–H and O–H groups in total. The molecule has 0 radical (unpaired) electrons. The van der Waals surface area contributed by atoms with Gasteiger partial charge in [0.2, 0.25) is 11.7 Å². The topological polar surface area (TPSA) is 130 Å². The maximum Gasteiger partial charge on any atom is 0.316 e. The van der Waals surface area contributed by atoms with E-state index in [4.69, 9.17) is 0 Å². The molecule has 9 heteroatoms. The molecule has 0 spiro atoms. The molecule has 0 bridgehead atoms. The molecular weight excluding hydrogens is 582 g/mol. The number of hydrogen-bond acceptors (Lipinski definition) is 6. The fraction of sp³-hybridized carbons (Fsp3) is 0.784. The molecule has 0 aromatic carbocycles. The summed E-state index contributed by atoms with van der Waals surface area (Å²) < 4.78 is 0. The number of fused-ring (bicyclic) bond motifs is 1. The first-order chi connectivity index (χ1) is 21.6. The molecule has 46 heavy (non-hydrogen) atoms. The van der Waals surface area contributed by atoms with Crippen LogP contribution < -0.4 is 10.6 Å². The van der Waals surface area contributed by atoms with Crippen LogP contribution in [0.15, 0.2) is 12.7 Å². The minimum atomic E-state index is -0.931. The minimum Gasteiger partial charge on any atom is -0.330 e. The molecule has 6 atom stereocenters. The Labute approximate surface area is 275 Å². The van der Waals surface area contributed by atoms with E-state index in [0.717, 1.165) is 44.9 Å². The molecule has 1 saturated heterocycles. The number of amides is 3. The lowest BCUT2D eigenvalue weighted by Gasteiger charge is -2.38. The van der Waals surface area contributed by atoms with Crippen molar-refractivity contribution in [3.8, 4) is 0 Å². The molecule has 3 saturated carbocycles. The van der Waals surface area contributed by atoms with E-state index in [1.807, 2.05) is 27.7 Å². The molecule has 4 rings (SSSR count). The van der Waals surface area contributed by atoms with E-state index in [1.54, 1.807) is 11.0 Å². The molecule has 3 amide bonds. The second-order valence-electron chi connectivity index (χ2n) is 16.1. The highest BCUT2D eigenvalue weighted by atomic mass is 16.2. The molecule has 4 fully saturated rings. The van der Waals surface area contributed by atoms with Crippen molar-refractivity contribution in [1.29, 1.82) is 0 Å². The van der Waals surface area contributed by atoms with Gasteiger partial charge in [0.1, 0.15) is 6.04 Å². The highest BCUT2D eigenvalue weighted by Crippen LogP contribution is 2.65. The van der Waals surface area contributed by atoms with Crippen molar-refractivity contribution in [3.63, 3.8) is 0 Å². The lowest BCUT2D eigenvalue weighted by atomic mass is 9.81. The summed E-state index contributed by atoms with van der Waals surface area (Å²) in [7, 11) is 0. The minimum absolute atomic E-state index is 0.0133. The van der Waals surface area contributed by atoms with Gasteiger partial charge in [0.05, 0.1) is 12.1 Å². The van der Waals surface area contributed by atoms with Crippen LogP contribution in [0.5, 0.6) is 0 Å². The number of allylic oxidation sites excluding steroid dienone is 1. The summed E-state index contributed by atoms with van der Waals surface area (Å²) in [5, 5.41) is 5.91. The van der Waals surface area contributed by atoms with Gasteiger partial charge in [-0.25, -0.2) is 4.79 Å².